The van der Waals surface area contributed by atoms with Crippen LogP contribution < -0.4 is 28.4 Å². The highest BCUT2D eigenvalue weighted by Gasteiger charge is 2.35. The zero-order valence-electron chi connectivity index (χ0n) is 29.3. The smallest absolute Gasteiger partial charge is 0.204 e. The Morgan fingerprint density at radius 3 is 0.820 bits per heavy atom. The summed E-state index contributed by atoms with van der Waals surface area (Å²) in [6.07, 6.45) is 0. The minimum Gasteiger partial charge on any atom is -0.489 e. The molecule has 0 aromatic heterocycles. The van der Waals surface area contributed by atoms with E-state index in [4.69, 9.17) is 28.4 Å². The molecule has 0 heterocycles. The van der Waals surface area contributed by atoms with E-state index in [0.29, 0.717) is 11.1 Å². The zero-order chi connectivity index (χ0) is 36.9. The fraction of sp³-hybridized carbons (Fsp3) is 0.368. The van der Waals surface area contributed by atoms with Crippen LogP contribution in [0.4, 0.5) is 26.3 Å². The predicted octanol–water partition coefficient (Wildman–Crippen LogP) is 10.5. The maximum Gasteiger partial charge on any atom is 0.204 e. The average Bonchev–Trinajstić information content (AvgIpc) is 3.07. The third-order valence-corrected chi connectivity index (χ3v) is 7.76. The van der Waals surface area contributed by atoms with Gasteiger partial charge in [0.25, 0.3) is 0 Å². The fourth-order valence-corrected chi connectivity index (χ4v) is 5.97. The monoisotopic (exact) mass is 706 g/mol. The first-order valence-corrected chi connectivity index (χ1v) is 16.4. The Morgan fingerprint density at radius 1 is 0.360 bits per heavy atom. The number of rotatable bonds is 15. The molecule has 0 unspecified atom stereocenters. The van der Waals surface area contributed by atoms with Gasteiger partial charge in [0.05, 0.1) is 39.6 Å². The van der Waals surface area contributed by atoms with Gasteiger partial charge in [-0.1, -0.05) is 0 Å². The Morgan fingerprint density at radius 2 is 0.580 bits per heavy atom. The van der Waals surface area contributed by atoms with Gasteiger partial charge < -0.3 is 28.4 Å². The van der Waals surface area contributed by atoms with Crippen molar-refractivity contribution in [3.8, 4) is 67.9 Å². The molecular formula is C38H40F6O6. The Balaban J connectivity index is 2.38. The van der Waals surface area contributed by atoms with Crippen LogP contribution in [0.5, 0.6) is 34.5 Å². The molecule has 4 aromatic carbocycles. The van der Waals surface area contributed by atoms with Crippen molar-refractivity contribution in [3.63, 3.8) is 0 Å². The Kier molecular flexibility index (Phi) is 12.4. The summed E-state index contributed by atoms with van der Waals surface area (Å²) in [6, 6.07) is 3.38. The molecule has 0 aliphatic rings. The summed E-state index contributed by atoms with van der Waals surface area (Å²) in [6.45, 7) is 14.3. The summed E-state index contributed by atoms with van der Waals surface area (Å²) in [5, 5.41) is 0. The van der Waals surface area contributed by atoms with Crippen LogP contribution in [0.1, 0.15) is 52.7 Å². The zero-order valence-corrected chi connectivity index (χ0v) is 29.3. The van der Waals surface area contributed by atoms with Crippen molar-refractivity contribution in [2.24, 2.45) is 0 Å². The van der Waals surface area contributed by atoms with Crippen molar-refractivity contribution in [2.75, 3.05) is 39.6 Å². The highest BCUT2D eigenvalue weighted by atomic mass is 19.2. The van der Waals surface area contributed by atoms with E-state index in [-0.39, 0.29) is 108 Å². The standard InChI is InChI=1S/C38H40F6O6/c1-9-45-33-27(21-15-23(39)31(43)24(40)16-21)19(7)29(35(47-11-3)37(33)49-13-5)30-20(8)28(22-17-25(41)32(44)26(42)18-22)34(46-10-2)38(50-14-6)36(30)48-12-4/h15-18H,9-14H2,1-8H3. The van der Waals surface area contributed by atoms with Crippen molar-refractivity contribution >= 4 is 0 Å². The van der Waals surface area contributed by atoms with Crippen LogP contribution in [0, 0.1) is 48.8 Å². The van der Waals surface area contributed by atoms with Gasteiger partial charge in [-0.05, 0) is 102 Å². The molecule has 12 heteroatoms. The molecule has 0 bridgehead atoms. The van der Waals surface area contributed by atoms with E-state index in [0.717, 1.165) is 24.3 Å². The molecule has 0 saturated carbocycles. The van der Waals surface area contributed by atoms with Gasteiger partial charge in [-0.2, -0.15) is 0 Å². The van der Waals surface area contributed by atoms with Gasteiger partial charge in [-0.25, -0.2) is 26.3 Å². The second-order valence-corrected chi connectivity index (χ2v) is 10.8. The van der Waals surface area contributed by atoms with Crippen molar-refractivity contribution in [1.82, 2.24) is 0 Å². The third kappa shape index (κ3) is 6.97. The average molecular weight is 707 g/mol. The van der Waals surface area contributed by atoms with E-state index < -0.39 is 34.9 Å². The lowest BCUT2D eigenvalue weighted by atomic mass is 9.84. The summed E-state index contributed by atoms with van der Waals surface area (Å²) in [4.78, 5) is 0. The molecule has 0 fully saturated rings. The Labute approximate surface area is 287 Å². The van der Waals surface area contributed by atoms with Gasteiger partial charge in [0.1, 0.15) is 0 Å². The summed E-state index contributed by atoms with van der Waals surface area (Å²) in [5.74, 6) is -8.38. The summed E-state index contributed by atoms with van der Waals surface area (Å²) in [7, 11) is 0. The van der Waals surface area contributed by atoms with Gasteiger partial charge in [0.2, 0.25) is 11.5 Å². The predicted molar refractivity (Wildman–Crippen MR) is 179 cm³/mol. The molecule has 0 N–H and O–H groups in total. The highest BCUT2D eigenvalue weighted by Crippen LogP contribution is 2.60. The van der Waals surface area contributed by atoms with Crippen molar-refractivity contribution < 1.29 is 54.8 Å². The molecule has 270 valence electrons. The van der Waals surface area contributed by atoms with Crippen LogP contribution in [-0.4, -0.2) is 39.6 Å². The normalized spacial score (nSPS) is 11.1. The summed E-state index contributed by atoms with van der Waals surface area (Å²) < 4.78 is 125. The molecule has 0 amide bonds. The first-order valence-electron chi connectivity index (χ1n) is 16.4. The molecule has 50 heavy (non-hydrogen) atoms. The van der Waals surface area contributed by atoms with E-state index in [1.165, 1.54) is 0 Å². The lowest BCUT2D eigenvalue weighted by Crippen LogP contribution is -2.11. The molecule has 4 rings (SSSR count). The second kappa shape index (κ2) is 16.3. The topological polar surface area (TPSA) is 55.4 Å². The number of halogens is 6. The quantitative estimate of drug-likeness (QED) is 0.0906. The van der Waals surface area contributed by atoms with Crippen LogP contribution in [0.2, 0.25) is 0 Å². The fourth-order valence-electron chi connectivity index (χ4n) is 5.97. The molecule has 0 aliphatic carbocycles. The molecule has 0 radical (unpaired) electrons. The van der Waals surface area contributed by atoms with Gasteiger partial charge in [-0.3, -0.25) is 0 Å². The van der Waals surface area contributed by atoms with Crippen LogP contribution >= 0.6 is 0 Å². The van der Waals surface area contributed by atoms with Crippen LogP contribution in [-0.2, 0) is 0 Å². The van der Waals surface area contributed by atoms with Crippen molar-refractivity contribution in [1.29, 1.82) is 0 Å². The molecule has 0 spiro atoms. The Bertz CT molecular complexity index is 1700. The SMILES string of the molecule is CCOc1c(OCC)c(-c2cc(F)c(F)c(F)c2)c(C)c(-c2c(C)c(-c3cc(F)c(F)c(F)c3)c(OCC)c(OCC)c2OCC)c1OCC. The summed E-state index contributed by atoms with van der Waals surface area (Å²) in [5.41, 5.74) is 1.42. The first kappa shape index (κ1) is 38.1. The molecule has 6 nitrogen and oxygen atoms in total. The summed E-state index contributed by atoms with van der Waals surface area (Å²) >= 11 is 0. The van der Waals surface area contributed by atoms with Crippen LogP contribution in [0.3, 0.4) is 0 Å². The molecule has 0 aliphatic heterocycles. The minimum atomic E-state index is -1.65. The van der Waals surface area contributed by atoms with E-state index in [1.54, 1.807) is 55.4 Å². The lowest BCUT2D eigenvalue weighted by molar-refractivity contribution is 0.259. The van der Waals surface area contributed by atoms with Gasteiger partial charge in [0.15, 0.2) is 57.9 Å². The second-order valence-electron chi connectivity index (χ2n) is 10.8. The van der Waals surface area contributed by atoms with Gasteiger partial charge >= 0.3 is 0 Å². The minimum absolute atomic E-state index is 0.0675. The molecule has 0 atom stereocenters. The highest BCUT2D eigenvalue weighted by molar-refractivity contribution is 5.98. The first-order chi connectivity index (χ1) is 23.9. The molecule has 0 saturated heterocycles. The third-order valence-electron chi connectivity index (χ3n) is 7.76. The molecular weight excluding hydrogens is 666 g/mol. The Hall–Kier alpha value is -4.74. The van der Waals surface area contributed by atoms with E-state index in [2.05, 4.69) is 0 Å². The van der Waals surface area contributed by atoms with E-state index in [9.17, 15) is 26.3 Å². The molecule has 4 aromatic rings. The van der Waals surface area contributed by atoms with Crippen LogP contribution in [0.25, 0.3) is 33.4 Å². The van der Waals surface area contributed by atoms with Crippen LogP contribution in [0.15, 0.2) is 24.3 Å². The number of hydrogen-bond donors (Lipinski definition) is 0. The van der Waals surface area contributed by atoms with E-state index >= 15 is 0 Å². The maximum atomic E-state index is 14.8. The lowest BCUT2D eigenvalue weighted by Gasteiger charge is -2.29. The number of hydrogen-bond acceptors (Lipinski definition) is 6. The van der Waals surface area contributed by atoms with Gasteiger partial charge in [-0.15, -0.1) is 0 Å². The largest absolute Gasteiger partial charge is 0.489 e. The van der Waals surface area contributed by atoms with E-state index in [1.807, 2.05) is 0 Å². The van der Waals surface area contributed by atoms with Crippen molar-refractivity contribution in [3.05, 3.63) is 70.3 Å². The van der Waals surface area contributed by atoms with Crippen molar-refractivity contribution in [2.45, 2.75) is 55.4 Å². The number of benzene rings is 4. The maximum absolute atomic E-state index is 14.8. The van der Waals surface area contributed by atoms with Gasteiger partial charge in [0, 0.05) is 22.3 Å². The number of ether oxygens (including phenoxy) is 6.